The zero-order valence-corrected chi connectivity index (χ0v) is 9.80. The molecular weight excluding hydrogens is 212 g/mol. The Balaban J connectivity index is 2.00. The first-order valence-corrected chi connectivity index (χ1v) is 6.11. The van der Waals surface area contributed by atoms with Gasteiger partial charge in [-0.05, 0) is 31.1 Å². The molecule has 0 N–H and O–H groups in total. The molecule has 0 aromatic heterocycles. The zero-order valence-electron chi connectivity index (χ0n) is 9.80. The fourth-order valence-corrected chi connectivity index (χ4v) is 2.49. The summed E-state index contributed by atoms with van der Waals surface area (Å²) >= 11 is 0. The minimum absolute atomic E-state index is 0.00658. The molecule has 17 heavy (non-hydrogen) atoms. The second-order valence-corrected chi connectivity index (χ2v) is 4.61. The van der Waals surface area contributed by atoms with Crippen LogP contribution < -0.4 is 9.80 Å². The maximum Gasteiger partial charge on any atom is 0.250 e. The second-order valence-electron chi connectivity index (χ2n) is 4.61. The maximum absolute atomic E-state index is 11.8. The molecular formula is C14H16N2O. The molecule has 88 valence electrons. The summed E-state index contributed by atoms with van der Waals surface area (Å²) in [6.45, 7) is 5.26. The third-order valence-corrected chi connectivity index (χ3v) is 3.47. The number of fused-ring (bicyclic) bond motifs is 1. The SMILES string of the molecule is C=CC(=O)N1CCN(C2CC2)c2ccccc21. The molecule has 1 aromatic carbocycles. The molecule has 0 bridgehead atoms. The van der Waals surface area contributed by atoms with Gasteiger partial charge in [-0.1, -0.05) is 18.7 Å². The number of rotatable bonds is 2. The Bertz CT molecular complexity index is 465. The predicted octanol–water partition coefficient (Wildman–Crippen LogP) is 2.19. The Labute approximate surface area is 101 Å². The van der Waals surface area contributed by atoms with Gasteiger partial charge >= 0.3 is 0 Å². The summed E-state index contributed by atoms with van der Waals surface area (Å²) in [6, 6.07) is 8.84. The van der Waals surface area contributed by atoms with Crippen LogP contribution in [-0.2, 0) is 4.79 Å². The molecule has 1 heterocycles. The maximum atomic E-state index is 11.8. The fourth-order valence-electron chi connectivity index (χ4n) is 2.49. The minimum atomic E-state index is -0.00658. The summed E-state index contributed by atoms with van der Waals surface area (Å²) in [7, 11) is 0. The van der Waals surface area contributed by atoms with Crippen molar-refractivity contribution < 1.29 is 4.79 Å². The molecule has 3 nitrogen and oxygen atoms in total. The van der Waals surface area contributed by atoms with Gasteiger partial charge in [-0.3, -0.25) is 4.79 Å². The number of para-hydroxylation sites is 2. The van der Waals surface area contributed by atoms with Crippen molar-refractivity contribution in [3.8, 4) is 0 Å². The van der Waals surface area contributed by atoms with E-state index in [1.54, 1.807) is 0 Å². The first-order chi connectivity index (χ1) is 8.31. The first-order valence-electron chi connectivity index (χ1n) is 6.11. The van der Waals surface area contributed by atoms with E-state index >= 15 is 0 Å². The lowest BCUT2D eigenvalue weighted by molar-refractivity contribution is -0.114. The molecule has 0 atom stereocenters. The topological polar surface area (TPSA) is 23.6 Å². The predicted molar refractivity (Wildman–Crippen MR) is 69.4 cm³/mol. The highest BCUT2D eigenvalue weighted by molar-refractivity contribution is 6.04. The second kappa shape index (κ2) is 3.91. The molecule has 0 unspecified atom stereocenters. The summed E-state index contributed by atoms with van der Waals surface area (Å²) in [5, 5.41) is 0. The van der Waals surface area contributed by atoms with Crippen molar-refractivity contribution in [2.75, 3.05) is 22.9 Å². The number of carbonyl (C=O) groups excluding carboxylic acids is 1. The van der Waals surface area contributed by atoms with Gasteiger partial charge in [0, 0.05) is 19.1 Å². The lowest BCUT2D eigenvalue weighted by atomic mass is 10.1. The van der Waals surface area contributed by atoms with Gasteiger partial charge in [0.05, 0.1) is 11.4 Å². The summed E-state index contributed by atoms with van der Waals surface area (Å²) in [4.78, 5) is 16.1. The molecule has 2 aliphatic rings. The van der Waals surface area contributed by atoms with Crippen LogP contribution in [0.3, 0.4) is 0 Å². The molecule has 3 rings (SSSR count). The lowest BCUT2D eigenvalue weighted by Gasteiger charge is -2.37. The summed E-state index contributed by atoms with van der Waals surface area (Å²) in [5.41, 5.74) is 2.21. The van der Waals surface area contributed by atoms with Gasteiger partial charge in [0.25, 0.3) is 5.91 Å². The van der Waals surface area contributed by atoms with Crippen LogP contribution >= 0.6 is 0 Å². The van der Waals surface area contributed by atoms with Crippen LogP contribution in [0.1, 0.15) is 12.8 Å². The van der Waals surface area contributed by atoms with Crippen molar-refractivity contribution in [3.05, 3.63) is 36.9 Å². The standard InChI is InChI=1S/C14H16N2O/c1-2-14(17)16-10-9-15(11-7-8-11)12-5-3-4-6-13(12)16/h2-6,11H,1,7-10H2. The van der Waals surface area contributed by atoms with Gasteiger partial charge in [0.1, 0.15) is 0 Å². The molecule has 1 saturated carbocycles. The third kappa shape index (κ3) is 1.71. The number of hydrogen-bond acceptors (Lipinski definition) is 2. The Morgan fingerprint density at radius 2 is 1.94 bits per heavy atom. The van der Waals surface area contributed by atoms with E-state index in [2.05, 4.69) is 17.5 Å². The van der Waals surface area contributed by atoms with Gasteiger partial charge < -0.3 is 9.80 Å². The van der Waals surface area contributed by atoms with E-state index in [9.17, 15) is 4.79 Å². The Hall–Kier alpha value is -1.77. The number of nitrogens with zero attached hydrogens (tertiary/aromatic N) is 2. The molecule has 0 spiro atoms. The number of anilines is 2. The van der Waals surface area contributed by atoms with E-state index in [1.165, 1.54) is 24.6 Å². The van der Waals surface area contributed by atoms with Crippen LogP contribution in [0.4, 0.5) is 11.4 Å². The highest BCUT2D eigenvalue weighted by atomic mass is 16.2. The van der Waals surface area contributed by atoms with E-state index in [4.69, 9.17) is 0 Å². The van der Waals surface area contributed by atoms with Gasteiger partial charge in [0.2, 0.25) is 0 Å². The van der Waals surface area contributed by atoms with E-state index < -0.39 is 0 Å². The van der Waals surface area contributed by atoms with Crippen LogP contribution in [-0.4, -0.2) is 25.0 Å². The number of benzene rings is 1. The molecule has 1 aromatic rings. The summed E-state index contributed by atoms with van der Waals surface area (Å²) < 4.78 is 0. The lowest BCUT2D eigenvalue weighted by Crippen LogP contribution is -2.44. The van der Waals surface area contributed by atoms with Crippen molar-refractivity contribution >= 4 is 17.3 Å². The number of carbonyl (C=O) groups is 1. The van der Waals surface area contributed by atoms with Crippen LogP contribution in [0.2, 0.25) is 0 Å². The summed E-state index contributed by atoms with van der Waals surface area (Å²) in [5.74, 6) is -0.00658. The minimum Gasteiger partial charge on any atom is -0.365 e. The normalized spacial score (nSPS) is 18.8. The first kappa shape index (κ1) is 10.4. The van der Waals surface area contributed by atoms with Crippen LogP contribution in [0.5, 0.6) is 0 Å². The van der Waals surface area contributed by atoms with Crippen LogP contribution in [0, 0.1) is 0 Å². The van der Waals surface area contributed by atoms with Crippen molar-refractivity contribution in [3.63, 3.8) is 0 Å². The van der Waals surface area contributed by atoms with Crippen molar-refractivity contribution in [2.24, 2.45) is 0 Å². The Kier molecular flexibility index (Phi) is 2.39. The smallest absolute Gasteiger partial charge is 0.250 e. The fraction of sp³-hybridized carbons (Fsp3) is 0.357. The molecule has 0 radical (unpaired) electrons. The monoisotopic (exact) mass is 228 g/mol. The third-order valence-electron chi connectivity index (χ3n) is 3.47. The van der Waals surface area contributed by atoms with Crippen molar-refractivity contribution in [1.82, 2.24) is 0 Å². The number of hydrogen-bond donors (Lipinski definition) is 0. The largest absolute Gasteiger partial charge is 0.365 e. The molecule has 1 amide bonds. The highest BCUT2D eigenvalue weighted by Gasteiger charge is 2.34. The molecule has 3 heteroatoms. The molecule has 1 aliphatic carbocycles. The van der Waals surface area contributed by atoms with Crippen LogP contribution in [0.15, 0.2) is 36.9 Å². The van der Waals surface area contributed by atoms with E-state index in [0.717, 1.165) is 18.8 Å². The molecule has 1 aliphatic heterocycles. The van der Waals surface area contributed by atoms with Crippen LogP contribution in [0.25, 0.3) is 0 Å². The van der Waals surface area contributed by atoms with E-state index in [-0.39, 0.29) is 5.91 Å². The highest BCUT2D eigenvalue weighted by Crippen LogP contribution is 2.39. The van der Waals surface area contributed by atoms with Gasteiger partial charge in [-0.15, -0.1) is 0 Å². The van der Waals surface area contributed by atoms with E-state index in [0.29, 0.717) is 6.04 Å². The average molecular weight is 228 g/mol. The quantitative estimate of drug-likeness (QED) is 0.724. The Morgan fingerprint density at radius 3 is 2.59 bits per heavy atom. The zero-order chi connectivity index (χ0) is 11.8. The Morgan fingerprint density at radius 1 is 1.24 bits per heavy atom. The molecule has 0 saturated heterocycles. The van der Waals surface area contributed by atoms with E-state index in [1.807, 2.05) is 23.1 Å². The van der Waals surface area contributed by atoms with Gasteiger partial charge in [-0.25, -0.2) is 0 Å². The number of amides is 1. The average Bonchev–Trinajstić information content (AvgIpc) is 3.21. The van der Waals surface area contributed by atoms with Crippen molar-refractivity contribution in [2.45, 2.75) is 18.9 Å². The van der Waals surface area contributed by atoms with Gasteiger partial charge in [-0.2, -0.15) is 0 Å². The van der Waals surface area contributed by atoms with Gasteiger partial charge in [0.15, 0.2) is 0 Å². The summed E-state index contributed by atoms with van der Waals surface area (Å²) in [6.07, 6.45) is 3.96. The molecule has 1 fully saturated rings. The van der Waals surface area contributed by atoms with Crippen molar-refractivity contribution in [1.29, 1.82) is 0 Å².